The highest BCUT2D eigenvalue weighted by molar-refractivity contribution is 8.76. The van der Waals surface area contributed by atoms with Crippen molar-refractivity contribution >= 4 is 45.1 Å². The zero-order valence-electron chi connectivity index (χ0n) is 19.6. The van der Waals surface area contributed by atoms with Crippen LogP contribution < -0.4 is 17.0 Å². The zero-order valence-corrected chi connectivity index (χ0v) is 23.9. The highest BCUT2D eigenvalue weighted by Gasteiger charge is 2.41. The number of nitrogens with two attached hydrogens (primary N) is 1. The molecule has 22 heteroatoms. The molecule has 1 aromatic heterocycles. The van der Waals surface area contributed by atoms with Gasteiger partial charge < -0.3 is 34.8 Å². The van der Waals surface area contributed by atoms with Gasteiger partial charge in [0.25, 0.3) is 5.56 Å². The van der Waals surface area contributed by atoms with Crippen LogP contribution in [0.2, 0.25) is 0 Å². The van der Waals surface area contributed by atoms with Gasteiger partial charge in [-0.2, -0.15) is 8.62 Å². The van der Waals surface area contributed by atoms with Crippen LogP contribution in [0.5, 0.6) is 0 Å². The molecular weight excluding hydrogens is 615 g/mol. The second-order valence-corrected chi connectivity index (χ2v) is 14.1. The third-order valence-corrected chi connectivity index (χ3v) is 9.54. The number of nitrogens with zero attached hydrogens (tertiary/aromatic N) is 1. The number of rotatable bonds is 12. The molecule has 1 aromatic rings. The Balaban J connectivity index is 2.36. The Kier molecular flexibility index (Phi) is 12.0. The van der Waals surface area contributed by atoms with Gasteiger partial charge in [0.1, 0.15) is 23.9 Å². The number of phosphoric acid groups is 3. The summed E-state index contributed by atoms with van der Waals surface area (Å²) in [6.07, 6.45) is 1.96. The monoisotopic (exact) mass is 639 g/mol. The number of aromatic amines is 1. The van der Waals surface area contributed by atoms with Gasteiger partial charge in [-0.3, -0.25) is 18.9 Å². The summed E-state index contributed by atoms with van der Waals surface area (Å²) < 4.78 is 59.1. The molecule has 17 nitrogen and oxygen atoms in total. The summed E-state index contributed by atoms with van der Waals surface area (Å²) in [5.41, 5.74) is 3.65. The fourth-order valence-corrected chi connectivity index (χ4v) is 6.61. The Morgan fingerprint density at radius 1 is 1.21 bits per heavy atom. The van der Waals surface area contributed by atoms with Crippen molar-refractivity contribution in [3.63, 3.8) is 0 Å². The molecule has 4 atom stereocenters. The average Bonchev–Trinajstić information content (AvgIpc) is 2.76. The van der Waals surface area contributed by atoms with Gasteiger partial charge in [-0.1, -0.05) is 40.4 Å². The van der Waals surface area contributed by atoms with E-state index in [1.165, 1.54) is 21.6 Å². The lowest BCUT2D eigenvalue weighted by Crippen LogP contribution is -2.38. The van der Waals surface area contributed by atoms with Crippen molar-refractivity contribution in [1.29, 1.82) is 0 Å². The molecule has 0 spiro atoms. The Bertz CT molecular complexity index is 1360. The van der Waals surface area contributed by atoms with Gasteiger partial charge in [0.2, 0.25) is 0 Å². The molecule has 0 bridgehead atoms. The lowest BCUT2D eigenvalue weighted by molar-refractivity contribution is -0.0391. The van der Waals surface area contributed by atoms with E-state index in [9.17, 15) is 33.1 Å². The number of aromatic nitrogens is 2. The van der Waals surface area contributed by atoms with Gasteiger partial charge in [-0.05, 0) is 6.26 Å². The molecule has 38 heavy (non-hydrogen) atoms. The lowest BCUT2D eigenvalue weighted by Gasteiger charge is -2.33. The van der Waals surface area contributed by atoms with Crippen LogP contribution in [-0.4, -0.2) is 54.5 Å². The summed E-state index contributed by atoms with van der Waals surface area (Å²) in [7, 11) is -14.1. The maximum atomic E-state index is 12.5. The molecule has 0 radical (unpaired) electrons. The molecule has 2 unspecified atom stereocenters. The van der Waals surface area contributed by atoms with Crippen molar-refractivity contribution in [3.8, 4) is 11.8 Å². The summed E-state index contributed by atoms with van der Waals surface area (Å²) in [5.74, 6) is 4.61. The van der Waals surface area contributed by atoms with Crippen LogP contribution in [0.1, 0.15) is 25.1 Å². The quantitative estimate of drug-likeness (QED) is 0.0611. The number of H-pyrrole nitrogens is 1. The van der Waals surface area contributed by atoms with Crippen molar-refractivity contribution in [2.45, 2.75) is 19.6 Å². The summed E-state index contributed by atoms with van der Waals surface area (Å²) in [5, 5.41) is 0. The van der Waals surface area contributed by atoms with Gasteiger partial charge in [0.05, 0.1) is 6.54 Å². The third kappa shape index (κ3) is 10.3. The van der Waals surface area contributed by atoms with Crippen LogP contribution in [0.25, 0.3) is 0 Å². The van der Waals surface area contributed by atoms with E-state index >= 15 is 0 Å². The molecule has 214 valence electrons. The number of phosphoric ester groups is 1. The molecule has 0 amide bonds. The maximum absolute atomic E-state index is 12.5. The van der Waals surface area contributed by atoms with Crippen molar-refractivity contribution in [3.05, 3.63) is 44.1 Å². The van der Waals surface area contributed by atoms with Gasteiger partial charge in [0, 0.05) is 18.5 Å². The van der Waals surface area contributed by atoms with Crippen molar-refractivity contribution in [2.24, 2.45) is 11.7 Å². The van der Waals surface area contributed by atoms with Gasteiger partial charge in [-0.25, -0.2) is 18.5 Å². The largest absolute Gasteiger partial charge is 0.490 e. The molecule has 2 rings (SSSR count). The lowest BCUT2D eigenvalue weighted by atomic mass is 10.0. The molecule has 1 aliphatic rings. The van der Waals surface area contributed by atoms with Gasteiger partial charge >= 0.3 is 29.2 Å². The van der Waals surface area contributed by atoms with E-state index in [-0.39, 0.29) is 36.0 Å². The molecule has 2 heterocycles. The van der Waals surface area contributed by atoms with Crippen LogP contribution in [0, 0.1) is 17.8 Å². The Labute approximate surface area is 222 Å². The first-order valence-corrected chi connectivity index (χ1v) is 17.3. The normalized spacial score (nSPS) is 21.0. The molecule has 0 aliphatic carbocycles. The number of ether oxygens (including phenoxy) is 2. The summed E-state index contributed by atoms with van der Waals surface area (Å²) in [4.78, 5) is 63.1. The van der Waals surface area contributed by atoms with E-state index in [0.717, 1.165) is 10.8 Å². The first-order valence-electron chi connectivity index (χ1n) is 10.1. The van der Waals surface area contributed by atoms with Crippen LogP contribution in [-0.2, 0) is 36.3 Å². The van der Waals surface area contributed by atoms with Crippen LogP contribution >= 0.6 is 45.1 Å². The topological polar surface area (TPSA) is 259 Å². The fourth-order valence-electron chi connectivity index (χ4n) is 2.92. The van der Waals surface area contributed by atoms with Crippen molar-refractivity contribution in [1.82, 2.24) is 9.55 Å². The third-order valence-electron chi connectivity index (χ3n) is 4.31. The molecule has 0 fully saturated rings. The first kappa shape index (κ1) is 32.9. The molecule has 0 saturated carbocycles. The second-order valence-electron chi connectivity index (χ2n) is 7.16. The number of hydrogen-bond donors (Lipinski definition) is 6. The van der Waals surface area contributed by atoms with E-state index in [1.807, 2.05) is 0 Å². The average molecular weight is 639 g/mol. The van der Waals surface area contributed by atoms with Crippen LogP contribution in [0.3, 0.4) is 0 Å². The minimum absolute atomic E-state index is 0.0445. The smallest absolute Gasteiger partial charge is 0.483 e. The Morgan fingerprint density at radius 3 is 2.50 bits per heavy atom. The molecule has 0 saturated heterocycles. The molecule has 7 N–H and O–H groups in total. The number of hydrogen-bond acceptors (Lipinski definition) is 13. The summed E-state index contributed by atoms with van der Waals surface area (Å²) in [6.45, 7) is 0.735. The van der Waals surface area contributed by atoms with Crippen LogP contribution in [0.4, 0.5) is 0 Å². The fraction of sp³-hybridized carbons (Fsp3) is 0.500. The molecule has 0 aromatic carbocycles. The first-order chi connectivity index (χ1) is 17.6. The summed E-state index contributed by atoms with van der Waals surface area (Å²) in [6, 6.07) is 0. The Hall–Kier alpha value is -1.35. The van der Waals surface area contributed by atoms with Gasteiger partial charge in [-0.15, -0.1) is 0 Å². The predicted octanol–water partition coefficient (Wildman–Crippen LogP) is 0.942. The van der Waals surface area contributed by atoms with Gasteiger partial charge in [0.15, 0.2) is 12.0 Å². The van der Waals surface area contributed by atoms with E-state index in [2.05, 4.69) is 30.0 Å². The maximum Gasteiger partial charge on any atom is 0.490 e. The SMILES string of the molecule is CSSCOC1=C(COP(=O)(O)OP(=O)(O)OP(=O)(O)O)O[C@@H](n2cc(C#CCN)c(=O)[nH]c2=O)[C@@H](C)C1. The number of allylic oxidation sites excluding steroid dienone is 1. The highest BCUT2D eigenvalue weighted by atomic mass is 33.1. The Morgan fingerprint density at radius 2 is 1.89 bits per heavy atom. The van der Waals surface area contributed by atoms with E-state index in [0.29, 0.717) is 0 Å². The highest BCUT2D eigenvalue weighted by Crippen LogP contribution is 2.66. The minimum atomic E-state index is -5.73. The van der Waals surface area contributed by atoms with Crippen molar-refractivity contribution < 1.29 is 55.9 Å². The molecule has 1 aliphatic heterocycles. The van der Waals surface area contributed by atoms with Crippen molar-refractivity contribution in [2.75, 3.05) is 25.3 Å². The van der Waals surface area contributed by atoms with E-state index in [1.54, 1.807) is 13.2 Å². The zero-order chi connectivity index (χ0) is 28.7. The molecular formula is C16H24N3O14P3S2. The standard InChI is InChI=1S/C16H24N3O14P3S2/c1-10-6-12(29-9-38-37-2)13(8-30-35(25,26)33-36(27,28)32-34(22,23)24)31-15(10)19-7-11(4-3-5-17)14(20)18-16(19)21/h7,10,15H,5-6,8-9,17H2,1-2H3,(H,25,26)(H,27,28)(H,18,20,21)(H2,22,23,24)/t10-,15+/m0/s1. The van der Waals surface area contributed by atoms with E-state index < -0.39 is 53.5 Å². The second kappa shape index (κ2) is 13.8. The minimum Gasteiger partial charge on any atom is -0.483 e. The predicted molar refractivity (Wildman–Crippen MR) is 135 cm³/mol. The van der Waals surface area contributed by atoms with E-state index in [4.69, 9.17) is 25.0 Å². The van der Waals surface area contributed by atoms with Crippen LogP contribution in [0.15, 0.2) is 27.3 Å². The summed E-state index contributed by atoms with van der Waals surface area (Å²) >= 11 is 0. The number of nitrogens with one attached hydrogen (secondary N) is 1.